The topological polar surface area (TPSA) is 85.0 Å². The minimum atomic E-state index is -0.875. The Hall–Kier alpha value is -3.17. The molecule has 1 unspecified atom stereocenters. The van der Waals surface area contributed by atoms with Gasteiger partial charge in [0.25, 0.3) is 0 Å². The monoisotopic (exact) mass is 487 g/mol. The van der Waals surface area contributed by atoms with Gasteiger partial charge in [0, 0.05) is 50.0 Å². The summed E-state index contributed by atoms with van der Waals surface area (Å²) >= 11 is 5.96. The number of nitrogens with one attached hydrogen (secondary N) is 2. The van der Waals surface area contributed by atoms with Gasteiger partial charge in [0.15, 0.2) is 0 Å². The first-order chi connectivity index (χ1) is 16.4. The van der Waals surface area contributed by atoms with Crippen molar-refractivity contribution in [3.63, 3.8) is 0 Å². The summed E-state index contributed by atoms with van der Waals surface area (Å²) in [5.41, 5.74) is 1.09. The van der Waals surface area contributed by atoms with E-state index in [9.17, 15) is 18.8 Å². The first kappa shape index (κ1) is 24.0. The zero-order chi connectivity index (χ0) is 24.1. The van der Waals surface area contributed by atoms with Gasteiger partial charge in [-0.1, -0.05) is 29.8 Å². The molecule has 180 valence electrons. The van der Waals surface area contributed by atoms with Crippen molar-refractivity contribution in [2.75, 3.05) is 56.0 Å². The summed E-state index contributed by atoms with van der Waals surface area (Å²) in [6, 6.07) is 12.5. The minimum absolute atomic E-state index is 0.144. The second-order valence-electron chi connectivity index (χ2n) is 8.37. The van der Waals surface area contributed by atoms with Crippen LogP contribution in [0.4, 0.5) is 15.8 Å². The van der Waals surface area contributed by atoms with Crippen LogP contribution < -0.4 is 15.5 Å². The molecule has 2 aliphatic heterocycles. The van der Waals surface area contributed by atoms with Crippen LogP contribution in [-0.4, -0.2) is 79.4 Å². The van der Waals surface area contributed by atoms with Gasteiger partial charge in [-0.3, -0.25) is 19.3 Å². The maximum Gasteiger partial charge on any atom is 0.243 e. The number of nitrogens with zero attached hydrogens (tertiary/aromatic N) is 3. The number of carbonyl (C=O) groups is 3. The molecule has 2 fully saturated rings. The molecule has 0 aliphatic carbocycles. The molecule has 8 nitrogen and oxygen atoms in total. The van der Waals surface area contributed by atoms with E-state index in [4.69, 9.17) is 11.6 Å². The first-order valence-corrected chi connectivity index (χ1v) is 11.6. The van der Waals surface area contributed by atoms with E-state index in [2.05, 4.69) is 10.6 Å². The van der Waals surface area contributed by atoms with Crippen LogP contribution in [0.25, 0.3) is 0 Å². The van der Waals surface area contributed by atoms with Crippen LogP contribution in [-0.2, 0) is 14.4 Å². The van der Waals surface area contributed by atoms with E-state index in [0.717, 1.165) is 0 Å². The lowest BCUT2D eigenvalue weighted by Gasteiger charge is -2.39. The molecule has 0 radical (unpaired) electrons. The highest BCUT2D eigenvalue weighted by molar-refractivity contribution is 6.30. The Morgan fingerprint density at radius 1 is 1.06 bits per heavy atom. The number of hydrogen-bond acceptors (Lipinski definition) is 5. The molecular formula is C24H27ClFN5O3. The summed E-state index contributed by atoms with van der Waals surface area (Å²) in [6.07, 6.45) is -0.148. The number of anilines is 2. The number of benzene rings is 2. The van der Waals surface area contributed by atoms with Gasteiger partial charge in [0.05, 0.1) is 18.7 Å². The Morgan fingerprint density at radius 2 is 1.82 bits per heavy atom. The predicted octanol–water partition coefficient (Wildman–Crippen LogP) is 1.96. The van der Waals surface area contributed by atoms with Crippen molar-refractivity contribution in [2.45, 2.75) is 12.5 Å². The smallest absolute Gasteiger partial charge is 0.243 e. The van der Waals surface area contributed by atoms with Crippen molar-refractivity contribution in [3.05, 3.63) is 59.4 Å². The van der Waals surface area contributed by atoms with Gasteiger partial charge in [-0.05, 0) is 30.3 Å². The van der Waals surface area contributed by atoms with E-state index >= 15 is 0 Å². The molecule has 34 heavy (non-hydrogen) atoms. The third-order valence-corrected chi connectivity index (χ3v) is 6.30. The lowest BCUT2D eigenvalue weighted by Crippen LogP contribution is -2.60. The van der Waals surface area contributed by atoms with E-state index < -0.39 is 6.04 Å². The van der Waals surface area contributed by atoms with E-state index in [1.165, 1.54) is 11.0 Å². The highest BCUT2D eigenvalue weighted by atomic mass is 35.5. The molecule has 10 heteroatoms. The predicted molar refractivity (Wildman–Crippen MR) is 128 cm³/mol. The van der Waals surface area contributed by atoms with Crippen LogP contribution in [0, 0.1) is 5.82 Å². The normalized spacial score (nSPS) is 19.0. The molecule has 2 heterocycles. The van der Waals surface area contributed by atoms with Crippen LogP contribution in [0.3, 0.4) is 0 Å². The fourth-order valence-electron chi connectivity index (χ4n) is 4.31. The summed E-state index contributed by atoms with van der Waals surface area (Å²) in [7, 11) is 0. The SMILES string of the molecule is O=C(CC1C(=O)NCCN1C(=O)CN1CCN(c2ccccc2F)CC1)Nc1cccc(Cl)c1. The fourth-order valence-corrected chi connectivity index (χ4v) is 4.50. The first-order valence-electron chi connectivity index (χ1n) is 11.2. The van der Waals surface area contributed by atoms with Crippen molar-refractivity contribution in [1.82, 2.24) is 15.1 Å². The van der Waals surface area contributed by atoms with Gasteiger partial charge in [0.1, 0.15) is 11.9 Å². The molecule has 2 aromatic rings. The van der Waals surface area contributed by atoms with Gasteiger partial charge in [0.2, 0.25) is 17.7 Å². The minimum Gasteiger partial charge on any atom is -0.367 e. The Morgan fingerprint density at radius 3 is 2.56 bits per heavy atom. The highest BCUT2D eigenvalue weighted by Crippen LogP contribution is 2.21. The van der Waals surface area contributed by atoms with Crippen molar-refractivity contribution in [3.8, 4) is 0 Å². The molecule has 0 aromatic heterocycles. The zero-order valence-corrected chi connectivity index (χ0v) is 19.4. The maximum atomic E-state index is 14.1. The quantitative estimate of drug-likeness (QED) is 0.650. The van der Waals surface area contributed by atoms with Crippen molar-refractivity contribution >= 4 is 40.7 Å². The third-order valence-electron chi connectivity index (χ3n) is 6.06. The van der Waals surface area contributed by atoms with E-state index in [-0.39, 0.29) is 36.5 Å². The van der Waals surface area contributed by atoms with Gasteiger partial charge in [-0.2, -0.15) is 0 Å². The Bertz CT molecular complexity index is 1060. The average molecular weight is 488 g/mol. The fraction of sp³-hybridized carbons (Fsp3) is 0.375. The Labute approximate surface area is 202 Å². The van der Waals surface area contributed by atoms with E-state index in [1.807, 2.05) is 9.80 Å². The molecule has 0 bridgehead atoms. The van der Waals surface area contributed by atoms with Crippen LogP contribution >= 0.6 is 11.6 Å². The van der Waals surface area contributed by atoms with Gasteiger partial charge in [-0.25, -0.2) is 4.39 Å². The molecule has 0 spiro atoms. The summed E-state index contributed by atoms with van der Waals surface area (Å²) in [5.74, 6) is -1.18. The van der Waals surface area contributed by atoms with E-state index in [1.54, 1.807) is 42.5 Å². The lowest BCUT2D eigenvalue weighted by atomic mass is 10.1. The second-order valence-corrected chi connectivity index (χ2v) is 8.81. The number of carbonyl (C=O) groups excluding carboxylic acids is 3. The van der Waals surface area contributed by atoms with E-state index in [0.29, 0.717) is 55.7 Å². The van der Waals surface area contributed by atoms with Gasteiger partial charge < -0.3 is 20.4 Å². The molecule has 4 rings (SSSR count). The second kappa shape index (κ2) is 10.8. The lowest BCUT2D eigenvalue weighted by molar-refractivity contribution is -0.145. The van der Waals surface area contributed by atoms with Gasteiger partial charge in [-0.15, -0.1) is 0 Å². The molecule has 2 aliphatic rings. The number of para-hydroxylation sites is 1. The number of rotatable bonds is 6. The maximum absolute atomic E-state index is 14.1. The van der Waals surface area contributed by atoms with Crippen LogP contribution in [0.2, 0.25) is 5.02 Å². The van der Waals surface area contributed by atoms with Crippen molar-refractivity contribution in [2.24, 2.45) is 0 Å². The molecule has 0 saturated carbocycles. The number of piperazine rings is 2. The summed E-state index contributed by atoms with van der Waals surface area (Å²) in [6.45, 7) is 3.22. The molecule has 2 saturated heterocycles. The summed E-state index contributed by atoms with van der Waals surface area (Å²) in [5, 5.41) is 5.95. The Balaban J connectivity index is 1.33. The number of hydrogen-bond donors (Lipinski definition) is 2. The summed E-state index contributed by atoms with van der Waals surface area (Å²) < 4.78 is 14.1. The highest BCUT2D eigenvalue weighted by Gasteiger charge is 2.35. The van der Waals surface area contributed by atoms with Crippen LogP contribution in [0.15, 0.2) is 48.5 Å². The average Bonchev–Trinajstić information content (AvgIpc) is 2.81. The molecule has 1 atom stereocenters. The third kappa shape index (κ3) is 5.84. The number of amides is 3. The zero-order valence-electron chi connectivity index (χ0n) is 18.7. The molecule has 2 N–H and O–H groups in total. The van der Waals surface area contributed by atoms with Crippen molar-refractivity contribution < 1.29 is 18.8 Å². The number of halogens is 2. The van der Waals surface area contributed by atoms with Gasteiger partial charge >= 0.3 is 0 Å². The van der Waals surface area contributed by atoms with Crippen molar-refractivity contribution in [1.29, 1.82) is 0 Å². The molecular weight excluding hydrogens is 461 g/mol. The Kier molecular flexibility index (Phi) is 7.64. The van der Waals surface area contributed by atoms with Crippen LogP contribution in [0.5, 0.6) is 0 Å². The van der Waals surface area contributed by atoms with Crippen LogP contribution in [0.1, 0.15) is 6.42 Å². The molecule has 2 aromatic carbocycles. The summed E-state index contributed by atoms with van der Waals surface area (Å²) in [4.78, 5) is 43.6. The largest absolute Gasteiger partial charge is 0.367 e. The molecule has 3 amide bonds. The standard InChI is InChI=1S/C24H27ClFN5O3/c25-17-4-3-5-18(14-17)28-22(32)15-21-24(34)27-8-9-31(21)23(33)16-29-10-12-30(13-11-29)20-7-2-1-6-19(20)26/h1-7,14,21H,8-13,15-16H2,(H,27,34)(H,28,32).